The fourth-order valence-electron chi connectivity index (χ4n) is 4.35. The zero-order valence-corrected chi connectivity index (χ0v) is 18.6. The number of nitrogens with one attached hydrogen (secondary N) is 1. The van der Waals surface area contributed by atoms with Gasteiger partial charge < -0.3 is 10.2 Å². The number of benzene rings is 3. The SMILES string of the molecule is Cc1cccc(C)c1C(=O)Nc1ccc(C(=O)N2Cc3ccnn3Cc3ccccc32)cc1. The van der Waals surface area contributed by atoms with Crippen LogP contribution in [-0.2, 0) is 13.1 Å². The molecule has 0 fully saturated rings. The van der Waals surface area contributed by atoms with Crippen molar-refractivity contribution >= 4 is 23.2 Å². The number of nitrogens with zero attached hydrogens (tertiary/aromatic N) is 3. The molecule has 6 heteroatoms. The molecule has 0 spiro atoms. The molecule has 3 aromatic carbocycles. The summed E-state index contributed by atoms with van der Waals surface area (Å²) in [5.74, 6) is -0.246. The van der Waals surface area contributed by atoms with E-state index in [9.17, 15) is 9.59 Å². The first-order valence-electron chi connectivity index (χ1n) is 10.9. The molecule has 1 aliphatic rings. The Morgan fingerprint density at radius 3 is 2.33 bits per heavy atom. The lowest BCUT2D eigenvalue weighted by Gasteiger charge is -2.22. The molecule has 164 valence electrons. The molecule has 0 aliphatic carbocycles. The molecule has 1 aromatic heterocycles. The summed E-state index contributed by atoms with van der Waals surface area (Å²) in [6.45, 7) is 4.93. The molecule has 33 heavy (non-hydrogen) atoms. The second-order valence-electron chi connectivity index (χ2n) is 8.30. The quantitative estimate of drug-likeness (QED) is 0.494. The number of aryl methyl sites for hydroxylation is 2. The average Bonchev–Trinajstić information content (AvgIpc) is 3.18. The van der Waals surface area contributed by atoms with Gasteiger partial charge in [0.05, 0.1) is 18.8 Å². The van der Waals surface area contributed by atoms with Crippen molar-refractivity contribution in [3.8, 4) is 0 Å². The maximum atomic E-state index is 13.5. The minimum absolute atomic E-state index is 0.0928. The molecular formula is C27H24N4O2. The highest BCUT2D eigenvalue weighted by atomic mass is 16.2. The smallest absolute Gasteiger partial charge is 0.258 e. The number of carbonyl (C=O) groups is 2. The fourth-order valence-corrected chi connectivity index (χ4v) is 4.35. The number of rotatable bonds is 3. The highest BCUT2D eigenvalue weighted by Crippen LogP contribution is 2.29. The first-order valence-corrected chi connectivity index (χ1v) is 10.9. The molecule has 0 bridgehead atoms. The minimum atomic E-state index is -0.153. The van der Waals surface area contributed by atoms with E-state index in [1.165, 1.54) is 0 Å². The van der Waals surface area contributed by atoms with Crippen molar-refractivity contribution in [2.75, 3.05) is 10.2 Å². The minimum Gasteiger partial charge on any atom is -0.322 e. The van der Waals surface area contributed by atoms with Gasteiger partial charge in [0.25, 0.3) is 11.8 Å². The van der Waals surface area contributed by atoms with Crippen molar-refractivity contribution in [2.24, 2.45) is 0 Å². The molecule has 2 amide bonds. The molecule has 5 rings (SSSR count). The van der Waals surface area contributed by atoms with Gasteiger partial charge in [-0.1, -0.05) is 36.4 Å². The Balaban J connectivity index is 1.39. The zero-order chi connectivity index (χ0) is 22.9. The van der Waals surface area contributed by atoms with Crippen LogP contribution < -0.4 is 10.2 Å². The molecule has 1 N–H and O–H groups in total. The zero-order valence-electron chi connectivity index (χ0n) is 18.6. The van der Waals surface area contributed by atoms with E-state index in [1.54, 1.807) is 35.4 Å². The van der Waals surface area contributed by atoms with Crippen molar-refractivity contribution in [3.63, 3.8) is 0 Å². The Kier molecular flexibility index (Phi) is 5.26. The van der Waals surface area contributed by atoms with E-state index in [1.807, 2.05) is 67.1 Å². The molecule has 0 unspecified atom stereocenters. The van der Waals surface area contributed by atoms with Gasteiger partial charge in [0.2, 0.25) is 0 Å². The number of hydrogen-bond donors (Lipinski definition) is 1. The number of para-hydroxylation sites is 1. The summed E-state index contributed by atoms with van der Waals surface area (Å²) in [7, 11) is 0. The van der Waals surface area contributed by atoms with Gasteiger partial charge in [-0.05, 0) is 66.9 Å². The molecule has 0 saturated carbocycles. The summed E-state index contributed by atoms with van der Waals surface area (Å²) in [4.78, 5) is 28.1. The molecule has 2 heterocycles. The predicted octanol–water partition coefficient (Wildman–Crippen LogP) is 4.96. The molecular weight excluding hydrogens is 412 g/mol. The van der Waals surface area contributed by atoms with Gasteiger partial charge in [-0.25, -0.2) is 0 Å². The van der Waals surface area contributed by atoms with Gasteiger partial charge >= 0.3 is 0 Å². The van der Waals surface area contributed by atoms with Crippen molar-refractivity contribution < 1.29 is 9.59 Å². The highest BCUT2D eigenvalue weighted by molar-refractivity contribution is 6.08. The largest absolute Gasteiger partial charge is 0.322 e. The summed E-state index contributed by atoms with van der Waals surface area (Å²) >= 11 is 0. The Labute approximate surface area is 192 Å². The monoisotopic (exact) mass is 436 g/mol. The number of anilines is 2. The van der Waals surface area contributed by atoms with Gasteiger partial charge in [0.1, 0.15) is 0 Å². The van der Waals surface area contributed by atoms with Gasteiger partial charge in [-0.2, -0.15) is 5.10 Å². The second kappa shape index (κ2) is 8.39. The van der Waals surface area contributed by atoms with Crippen LogP contribution in [0.1, 0.15) is 43.1 Å². The van der Waals surface area contributed by atoms with Crippen molar-refractivity contribution in [2.45, 2.75) is 26.9 Å². The van der Waals surface area contributed by atoms with Crippen LogP contribution >= 0.6 is 0 Å². The normalized spacial score (nSPS) is 12.5. The van der Waals surface area contributed by atoms with E-state index in [0.29, 0.717) is 29.9 Å². The molecule has 0 radical (unpaired) electrons. The van der Waals surface area contributed by atoms with E-state index < -0.39 is 0 Å². The standard InChI is InChI=1S/C27H24N4O2/c1-18-6-5-7-19(2)25(18)26(32)29-22-12-10-20(11-13-22)27(33)30-17-23-14-15-28-31(23)16-21-8-3-4-9-24(21)30/h3-15H,16-17H2,1-2H3,(H,29,32). The predicted molar refractivity (Wildman–Crippen MR) is 129 cm³/mol. The Morgan fingerprint density at radius 1 is 0.848 bits per heavy atom. The lowest BCUT2D eigenvalue weighted by Crippen LogP contribution is -2.30. The number of amides is 2. The number of carbonyl (C=O) groups excluding carboxylic acids is 2. The van der Waals surface area contributed by atoms with Crippen LogP contribution in [0.4, 0.5) is 11.4 Å². The van der Waals surface area contributed by atoms with Crippen LogP contribution in [0.5, 0.6) is 0 Å². The van der Waals surface area contributed by atoms with Crippen molar-refractivity contribution in [1.29, 1.82) is 0 Å². The first kappa shape index (κ1) is 20.7. The van der Waals surface area contributed by atoms with Crippen molar-refractivity contribution in [1.82, 2.24) is 9.78 Å². The summed E-state index contributed by atoms with van der Waals surface area (Å²) in [6.07, 6.45) is 1.76. The van der Waals surface area contributed by atoms with Crippen LogP contribution in [0.2, 0.25) is 0 Å². The lowest BCUT2D eigenvalue weighted by molar-refractivity contribution is 0.0983. The van der Waals surface area contributed by atoms with E-state index in [-0.39, 0.29) is 11.8 Å². The third kappa shape index (κ3) is 3.91. The van der Waals surface area contributed by atoms with Gasteiger partial charge in [-0.15, -0.1) is 0 Å². The summed E-state index contributed by atoms with van der Waals surface area (Å²) in [5, 5.41) is 7.34. The van der Waals surface area contributed by atoms with E-state index in [0.717, 1.165) is 28.1 Å². The molecule has 1 aliphatic heterocycles. The summed E-state index contributed by atoms with van der Waals surface area (Å²) < 4.78 is 1.93. The number of fused-ring (bicyclic) bond motifs is 2. The Morgan fingerprint density at radius 2 is 1.58 bits per heavy atom. The lowest BCUT2D eigenvalue weighted by atomic mass is 10.0. The first-order chi connectivity index (χ1) is 16.0. The van der Waals surface area contributed by atoms with Gasteiger partial charge in [0.15, 0.2) is 0 Å². The Hall–Kier alpha value is -4.19. The van der Waals surface area contributed by atoms with Crippen molar-refractivity contribution in [3.05, 3.63) is 113 Å². The van der Waals surface area contributed by atoms with Crippen LogP contribution in [0, 0.1) is 13.8 Å². The van der Waals surface area contributed by atoms with Crippen LogP contribution in [-0.4, -0.2) is 21.6 Å². The van der Waals surface area contributed by atoms with Crippen LogP contribution in [0.15, 0.2) is 79.0 Å². The third-order valence-electron chi connectivity index (χ3n) is 6.07. The highest BCUT2D eigenvalue weighted by Gasteiger charge is 2.25. The Bertz CT molecular complexity index is 1330. The number of aromatic nitrogens is 2. The maximum absolute atomic E-state index is 13.5. The fraction of sp³-hybridized carbons (Fsp3) is 0.148. The molecule has 4 aromatic rings. The van der Waals surface area contributed by atoms with E-state index in [2.05, 4.69) is 10.4 Å². The van der Waals surface area contributed by atoms with Crippen LogP contribution in [0.3, 0.4) is 0 Å². The molecule has 0 atom stereocenters. The van der Waals surface area contributed by atoms with Gasteiger partial charge in [0, 0.05) is 28.7 Å². The van der Waals surface area contributed by atoms with E-state index >= 15 is 0 Å². The third-order valence-corrected chi connectivity index (χ3v) is 6.07. The van der Waals surface area contributed by atoms with Gasteiger partial charge in [-0.3, -0.25) is 14.3 Å². The molecule has 0 saturated heterocycles. The molecule has 6 nitrogen and oxygen atoms in total. The second-order valence-corrected chi connectivity index (χ2v) is 8.30. The van der Waals surface area contributed by atoms with Crippen LogP contribution in [0.25, 0.3) is 0 Å². The topological polar surface area (TPSA) is 67.2 Å². The number of hydrogen-bond acceptors (Lipinski definition) is 3. The maximum Gasteiger partial charge on any atom is 0.258 e. The average molecular weight is 437 g/mol. The summed E-state index contributed by atoms with van der Waals surface area (Å²) in [6, 6.07) is 22.7. The van der Waals surface area contributed by atoms with E-state index in [4.69, 9.17) is 0 Å². The summed E-state index contributed by atoms with van der Waals surface area (Å²) in [5.41, 5.74) is 6.66.